The van der Waals surface area contributed by atoms with Gasteiger partial charge in [-0.15, -0.1) is 0 Å². The second-order valence-electron chi connectivity index (χ2n) is 4.62. The first-order valence-electron chi connectivity index (χ1n) is 6.39. The summed E-state index contributed by atoms with van der Waals surface area (Å²) in [6.07, 6.45) is 0. The zero-order chi connectivity index (χ0) is 13.9. The van der Waals surface area contributed by atoms with E-state index in [4.69, 9.17) is 0 Å². The van der Waals surface area contributed by atoms with Gasteiger partial charge in [-0.3, -0.25) is 0 Å². The molecule has 0 aliphatic carbocycles. The monoisotopic (exact) mass is 329 g/mol. The molecule has 1 N–H and O–H groups in total. The van der Waals surface area contributed by atoms with E-state index in [1.54, 1.807) is 12.1 Å². The Morgan fingerprint density at radius 2 is 1.75 bits per heavy atom. The number of hydrogen-bond donors (Lipinski definition) is 1. The van der Waals surface area contributed by atoms with Crippen molar-refractivity contribution in [3.8, 4) is 0 Å². The van der Waals surface area contributed by atoms with E-state index < -0.39 is 0 Å². The predicted octanol–water partition coefficient (Wildman–Crippen LogP) is 5.35. The standard InChI is InChI=1S/C17H13BrFN/c18-14-8-9-16(19)13(10-14)11-20-17-7-3-5-12-4-1-2-6-15(12)17/h1-10,20H,11H2. The van der Waals surface area contributed by atoms with E-state index >= 15 is 0 Å². The zero-order valence-corrected chi connectivity index (χ0v) is 12.3. The number of benzene rings is 3. The van der Waals surface area contributed by atoms with Crippen molar-refractivity contribution >= 4 is 32.4 Å². The zero-order valence-electron chi connectivity index (χ0n) is 10.7. The molecule has 0 heterocycles. The summed E-state index contributed by atoms with van der Waals surface area (Å²) >= 11 is 3.37. The summed E-state index contributed by atoms with van der Waals surface area (Å²) in [5, 5.41) is 5.63. The highest BCUT2D eigenvalue weighted by Gasteiger charge is 2.04. The second-order valence-corrected chi connectivity index (χ2v) is 5.53. The fourth-order valence-electron chi connectivity index (χ4n) is 2.25. The molecule has 0 aliphatic heterocycles. The molecule has 3 heteroatoms. The topological polar surface area (TPSA) is 12.0 Å². The average molecular weight is 330 g/mol. The van der Waals surface area contributed by atoms with Gasteiger partial charge in [0.2, 0.25) is 0 Å². The molecule has 0 aromatic heterocycles. The Balaban J connectivity index is 1.89. The molecule has 100 valence electrons. The molecule has 0 saturated heterocycles. The molecule has 3 aromatic carbocycles. The average Bonchev–Trinajstić information content (AvgIpc) is 2.48. The van der Waals surface area contributed by atoms with Crippen molar-refractivity contribution in [1.82, 2.24) is 0 Å². The Hall–Kier alpha value is -1.87. The molecule has 0 unspecified atom stereocenters. The lowest BCUT2D eigenvalue weighted by atomic mass is 10.1. The smallest absolute Gasteiger partial charge is 0.128 e. The fraction of sp³-hybridized carbons (Fsp3) is 0.0588. The summed E-state index contributed by atoms with van der Waals surface area (Å²) in [6.45, 7) is 0.458. The SMILES string of the molecule is Fc1ccc(Br)cc1CNc1cccc2ccccc12. The van der Waals surface area contributed by atoms with Crippen LogP contribution in [-0.2, 0) is 6.54 Å². The molecular weight excluding hydrogens is 317 g/mol. The normalized spacial score (nSPS) is 10.7. The van der Waals surface area contributed by atoms with Crippen LogP contribution in [0.25, 0.3) is 10.8 Å². The first kappa shape index (κ1) is 13.1. The maximum atomic E-state index is 13.7. The number of fused-ring (bicyclic) bond motifs is 1. The number of anilines is 1. The van der Waals surface area contributed by atoms with Crippen molar-refractivity contribution in [2.24, 2.45) is 0 Å². The van der Waals surface area contributed by atoms with Crippen molar-refractivity contribution in [3.63, 3.8) is 0 Å². The highest BCUT2D eigenvalue weighted by molar-refractivity contribution is 9.10. The van der Waals surface area contributed by atoms with Gasteiger partial charge in [0.25, 0.3) is 0 Å². The van der Waals surface area contributed by atoms with Crippen LogP contribution < -0.4 is 5.32 Å². The minimum absolute atomic E-state index is 0.194. The summed E-state index contributed by atoms with van der Waals surface area (Å²) in [5.74, 6) is -0.194. The van der Waals surface area contributed by atoms with E-state index in [2.05, 4.69) is 39.4 Å². The lowest BCUT2D eigenvalue weighted by Gasteiger charge is -2.10. The minimum Gasteiger partial charge on any atom is -0.380 e. The summed E-state index contributed by atoms with van der Waals surface area (Å²) in [4.78, 5) is 0. The summed E-state index contributed by atoms with van der Waals surface area (Å²) in [7, 11) is 0. The van der Waals surface area contributed by atoms with Crippen LogP contribution in [0.1, 0.15) is 5.56 Å². The van der Waals surface area contributed by atoms with Crippen LogP contribution in [0.2, 0.25) is 0 Å². The molecule has 0 spiro atoms. The van der Waals surface area contributed by atoms with Crippen molar-refractivity contribution in [2.45, 2.75) is 6.54 Å². The molecule has 0 bridgehead atoms. The van der Waals surface area contributed by atoms with Gasteiger partial charge in [-0.05, 0) is 29.7 Å². The summed E-state index contributed by atoms with van der Waals surface area (Å²) < 4.78 is 14.6. The second kappa shape index (κ2) is 5.63. The molecule has 3 aromatic rings. The van der Waals surface area contributed by atoms with Crippen LogP contribution in [0, 0.1) is 5.82 Å². The van der Waals surface area contributed by atoms with Gasteiger partial charge < -0.3 is 5.32 Å². The largest absolute Gasteiger partial charge is 0.380 e. The number of halogens is 2. The van der Waals surface area contributed by atoms with Gasteiger partial charge in [-0.25, -0.2) is 4.39 Å². The van der Waals surface area contributed by atoms with Gasteiger partial charge in [0, 0.05) is 27.7 Å². The lowest BCUT2D eigenvalue weighted by molar-refractivity contribution is 0.612. The number of hydrogen-bond acceptors (Lipinski definition) is 1. The molecule has 0 saturated carbocycles. The maximum absolute atomic E-state index is 13.7. The molecule has 0 radical (unpaired) electrons. The van der Waals surface area contributed by atoms with Gasteiger partial charge in [0.05, 0.1) is 0 Å². The molecule has 3 rings (SSSR count). The highest BCUT2D eigenvalue weighted by atomic mass is 79.9. The van der Waals surface area contributed by atoms with Gasteiger partial charge in [-0.1, -0.05) is 52.3 Å². The molecular formula is C17H13BrFN. The van der Waals surface area contributed by atoms with Crippen LogP contribution in [-0.4, -0.2) is 0 Å². The summed E-state index contributed by atoms with van der Waals surface area (Å²) in [6, 6.07) is 19.2. The van der Waals surface area contributed by atoms with E-state index in [0.29, 0.717) is 12.1 Å². The van der Waals surface area contributed by atoms with Crippen molar-refractivity contribution in [3.05, 3.63) is 76.5 Å². The molecule has 0 aliphatic rings. The van der Waals surface area contributed by atoms with Crippen LogP contribution >= 0.6 is 15.9 Å². The third-order valence-corrected chi connectivity index (χ3v) is 3.76. The maximum Gasteiger partial charge on any atom is 0.128 e. The Labute approximate surface area is 125 Å². The van der Waals surface area contributed by atoms with Crippen molar-refractivity contribution in [1.29, 1.82) is 0 Å². The van der Waals surface area contributed by atoms with E-state index in [1.165, 1.54) is 11.5 Å². The van der Waals surface area contributed by atoms with E-state index in [-0.39, 0.29) is 5.82 Å². The molecule has 0 amide bonds. The third kappa shape index (κ3) is 2.68. The lowest BCUT2D eigenvalue weighted by Crippen LogP contribution is -2.02. The Kier molecular flexibility index (Phi) is 3.70. The van der Waals surface area contributed by atoms with Gasteiger partial charge >= 0.3 is 0 Å². The quantitative estimate of drug-likeness (QED) is 0.682. The van der Waals surface area contributed by atoms with Crippen LogP contribution in [0.4, 0.5) is 10.1 Å². The predicted molar refractivity (Wildman–Crippen MR) is 85.4 cm³/mol. The van der Waals surface area contributed by atoms with Gasteiger partial charge in [0.1, 0.15) is 5.82 Å². The summed E-state index contributed by atoms with van der Waals surface area (Å²) in [5.41, 5.74) is 1.66. The Morgan fingerprint density at radius 3 is 2.65 bits per heavy atom. The van der Waals surface area contributed by atoms with Crippen molar-refractivity contribution < 1.29 is 4.39 Å². The first-order valence-corrected chi connectivity index (χ1v) is 7.19. The molecule has 0 atom stereocenters. The van der Waals surface area contributed by atoms with Crippen LogP contribution in [0.5, 0.6) is 0 Å². The highest BCUT2D eigenvalue weighted by Crippen LogP contribution is 2.24. The Morgan fingerprint density at radius 1 is 0.950 bits per heavy atom. The third-order valence-electron chi connectivity index (χ3n) is 3.27. The molecule has 0 fully saturated rings. The van der Waals surface area contributed by atoms with Crippen molar-refractivity contribution in [2.75, 3.05) is 5.32 Å². The minimum atomic E-state index is -0.194. The molecule has 20 heavy (non-hydrogen) atoms. The fourth-order valence-corrected chi connectivity index (χ4v) is 2.66. The van der Waals surface area contributed by atoms with Crippen LogP contribution in [0.15, 0.2) is 65.1 Å². The van der Waals surface area contributed by atoms with Gasteiger partial charge in [-0.2, -0.15) is 0 Å². The first-order chi connectivity index (χ1) is 9.74. The number of rotatable bonds is 3. The Bertz CT molecular complexity index is 750. The van der Waals surface area contributed by atoms with E-state index in [9.17, 15) is 4.39 Å². The van der Waals surface area contributed by atoms with Gasteiger partial charge in [0.15, 0.2) is 0 Å². The van der Waals surface area contributed by atoms with Crippen LogP contribution in [0.3, 0.4) is 0 Å². The van der Waals surface area contributed by atoms with E-state index in [0.717, 1.165) is 15.5 Å². The molecule has 1 nitrogen and oxygen atoms in total. The number of nitrogens with one attached hydrogen (secondary N) is 1. The van der Waals surface area contributed by atoms with E-state index in [1.807, 2.05) is 24.3 Å².